The monoisotopic (exact) mass is 296 g/mol. The third-order valence-electron chi connectivity index (χ3n) is 3.62. The molecule has 0 saturated carbocycles. The molecular formula is C15H21ClN2O2. The molecule has 4 nitrogen and oxygen atoms in total. The maximum atomic E-state index is 5.90. The predicted octanol–water partition coefficient (Wildman–Crippen LogP) is 3.81. The average Bonchev–Trinajstić information content (AvgIpc) is 2.82. The number of benzene rings is 1. The molecule has 1 unspecified atom stereocenters. The molecule has 0 amide bonds. The van der Waals surface area contributed by atoms with Crippen LogP contribution in [-0.4, -0.2) is 29.7 Å². The standard InChI is InChI=1S/C15H21ClN2O2/c1-5-10(2)18-12-9-14(20-4)13(19-3)8-11(12)17-15(18)6-7-16/h8-10H,5-7H2,1-4H3. The van der Waals surface area contributed by atoms with E-state index in [1.165, 1.54) is 0 Å². The van der Waals surface area contributed by atoms with Crippen molar-refractivity contribution in [2.45, 2.75) is 32.7 Å². The van der Waals surface area contributed by atoms with Gasteiger partial charge in [0.15, 0.2) is 11.5 Å². The molecule has 0 aliphatic heterocycles. The minimum absolute atomic E-state index is 0.372. The first-order valence-electron chi connectivity index (χ1n) is 6.85. The van der Waals surface area contributed by atoms with Crippen LogP contribution in [0.1, 0.15) is 32.1 Å². The van der Waals surface area contributed by atoms with Crippen molar-refractivity contribution in [2.75, 3.05) is 20.1 Å². The number of fused-ring (bicyclic) bond motifs is 1. The number of rotatable bonds is 6. The SMILES string of the molecule is CCC(C)n1c(CCCl)nc2cc(OC)c(OC)cc21. The van der Waals surface area contributed by atoms with Gasteiger partial charge in [-0.3, -0.25) is 0 Å². The Labute approximate surface area is 124 Å². The molecule has 0 aliphatic rings. The van der Waals surface area contributed by atoms with E-state index in [1.54, 1.807) is 14.2 Å². The summed E-state index contributed by atoms with van der Waals surface area (Å²) in [6, 6.07) is 4.28. The largest absolute Gasteiger partial charge is 0.493 e. The first-order valence-corrected chi connectivity index (χ1v) is 7.38. The highest BCUT2D eigenvalue weighted by Crippen LogP contribution is 2.34. The minimum atomic E-state index is 0.372. The lowest BCUT2D eigenvalue weighted by molar-refractivity contribution is 0.355. The number of aryl methyl sites for hydroxylation is 1. The molecule has 1 atom stereocenters. The van der Waals surface area contributed by atoms with Crippen molar-refractivity contribution in [3.05, 3.63) is 18.0 Å². The van der Waals surface area contributed by atoms with Gasteiger partial charge in [-0.1, -0.05) is 6.92 Å². The van der Waals surface area contributed by atoms with E-state index in [0.717, 1.165) is 35.4 Å². The molecule has 110 valence electrons. The molecule has 2 aromatic rings. The van der Waals surface area contributed by atoms with E-state index >= 15 is 0 Å². The smallest absolute Gasteiger partial charge is 0.163 e. The van der Waals surface area contributed by atoms with Gasteiger partial charge in [0.25, 0.3) is 0 Å². The summed E-state index contributed by atoms with van der Waals surface area (Å²) in [6.07, 6.45) is 1.79. The summed E-state index contributed by atoms with van der Waals surface area (Å²) in [7, 11) is 3.28. The van der Waals surface area contributed by atoms with Gasteiger partial charge in [0, 0.05) is 30.5 Å². The Morgan fingerprint density at radius 3 is 2.45 bits per heavy atom. The van der Waals surface area contributed by atoms with E-state index in [4.69, 9.17) is 26.1 Å². The maximum Gasteiger partial charge on any atom is 0.163 e. The van der Waals surface area contributed by atoms with E-state index in [2.05, 4.69) is 18.4 Å². The molecule has 0 aliphatic carbocycles. The number of alkyl halides is 1. The minimum Gasteiger partial charge on any atom is -0.493 e. The van der Waals surface area contributed by atoms with E-state index in [9.17, 15) is 0 Å². The number of ether oxygens (including phenoxy) is 2. The molecule has 5 heteroatoms. The second-order valence-corrected chi connectivity index (χ2v) is 5.17. The molecule has 1 aromatic heterocycles. The molecule has 0 N–H and O–H groups in total. The van der Waals surface area contributed by atoms with Crippen molar-refractivity contribution < 1.29 is 9.47 Å². The molecule has 20 heavy (non-hydrogen) atoms. The summed E-state index contributed by atoms with van der Waals surface area (Å²) >= 11 is 5.90. The molecule has 2 rings (SSSR count). The number of aromatic nitrogens is 2. The quantitative estimate of drug-likeness (QED) is 0.761. The summed E-state index contributed by atoms with van der Waals surface area (Å²) < 4.78 is 13.0. The van der Waals surface area contributed by atoms with Crippen LogP contribution in [0.25, 0.3) is 11.0 Å². The lowest BCUT2D eigenvalue weighted by Gasteiger charge is -2.16. The van der Waals surface area contributed by atoms with Crippen molar-refractivity contribution >= 4 is 22.6 Å². The van der Waals surface area contributed by atoms with Gasteiger partial charge in [0.2, 0.25) is 0 Å². The predicted molar refractivity (Wildman–Crippen MR) is 82.3 cm³/mol. The Bertz CT molecular complexity index is 595. The second kappa shape index (κ2) is 6.35. The number of halogens is 1. The van der Waals surface area contributed by atoms with Gasteiger partial charge in [-0.05, 0) is 13.3 Å². The molecule has 1 aromatic carbocycles. The summed E-state index contributed by atoms with van der Waals surface area (Å²) in [5, 5.41) is 0. The first kappa shape index (κ1) is 15.0. The van der Waals surface area contributed by atoms with Crippen LogP contribution in [0.4, 0.5) is 0 Å². The molecule has 0 bridgehead atoms. The molecule has 1 heterocycles. The number of hydrogen-bond donors (Lipinski definition) is 0. The average molecular weight is 297 g/mol. The number of imidazole rings is 1. The summed E-state index contributed by atoms with van der Waals surface area (Å²) in [5.74, 6) is 3.00. The summed E-state index contributed by atoms with van der Waals surface area (Å²) in [4.78, 5) is 4.70. The van der Waals surface area contributed by atoms with Gasteiger partial charge in [-0.2, -0.15) is 0 Å². The van der Waals surface area contributed by atoms with Crippen molar-refractivity contribution in [3.8, 4) is 11.5 Å². The van der Waals surface area contributed by atoms with Gasteiger partial charge in [0.05, 0.1) is 25.3 Å². The molecular weight excluding hydrogens is 276 g/mol. The summed E-state index contributed by atoms with van der Waals surface area (Å²) in [5.41, 5.74) is 1.99. The Kier molecular flexibility index (Phi) is 4.76. The number of methoxy groups -OCH3 is 2. The fourth-order valence-corrected chi connectivity index (χ4v) is 2.58. The van der Waals surface area contributed by atoms with Crippen LogP contribution in [0.5, 0.6) is 11.5 Å². The van der Waals surface area contributed by atoms with Crippen LogP contribution >= 0.6 is 11.6 Å². The third kappa shape index (κ3) is 2.57. The van der Waals surface area contributed by atoms with E-state index in [0.29, 0.717) is 17.7 Å². The highest BCUT2D eigenvalue weighted by molar-refractivity contribution is 6.17. The lowest BCUT2D eigenvalue weighted by Crippen LogP contribution is -2.09. The number of nitrogens with zero attached hydrogens (tertiary/aromatic N) is 2. The maximum absolute atomic E-state index is 5.90. The Morgan fingerprint density at radius 2 is 1.90 bits per heavy atom. The zero-order valence-corrected chi connectivity index (χ0v) is 13.2. The normalized spacial score (nSPS) is 12.7. The Balaban J connectivity index is 2.68. The van der Waals surface area contributed by atoms with Gasteiger partial charge in [0.1, 0.15) is 5.82 Å². The number of hydrogen-bond acceptors (Lipinski definition) is 3. The van der Waals surface area contributed by atoms with Gasteiger partial charge < -0.3 is 14.0 Å². The third-order valence-corrected chi connectivity index (χ3v) is 3.81. The second-order valence-electron chi connectivity index (χ2n) is 4.79. The Morgan fingerprint density at radius 1 is 1.25 bits per heavy atom. The van der Waals surface area contributed by atoms with Gasteiger partial charge in [-0.25, -0.2) is 4.98 Å². The van der Waals surface area contributed by atoms with Crippen molar-refractivity contribution in [2.24, 2.45) is 0 Å². The van der Waals surface area contributed by atoms with Gasteiger partial charge >= 0.3 is 0 Å². The fourth-order valence-electron chi connectivity index (χ4n) is 2.41. The molecule has 0 fully saturated rings. The summed E-state index contributed by atoms with van der Waals surface area (Å²) in [6.45, 7) is 4.36. The van der Waals surface area contributed by atoms with Crippen LogP contribution in [0.3, 0.4) is 0 Å². The van der Waals surface area contributed by atoms with Crippen LogP contribution in [0, 0.1) is 0 Å². The van der Waals surface area contributed by atoms with Crippen molar-refractivity contribution in [1.82, 2.24) is 9.55 Å². The molecule has 0 spiro atoms. The van der Waals surface area contributed by atoms with Crippen LogP contribution in [0.15, 0.2) is 12.1 Å². The van der Waals surface area contributed by atoms with E-state index < -0.39 is 0 Å². The van der Waals surface area contributed by atoms with E-state index in [1.807, 2.05) is 12.1 Å². The fraction of sp³-hybridized carbons (Fsp3) is 0.533. The first-order chi connectivity index (χ1) is 9.65. The van der Waals surface area contributed by atoms with Gasteiger partial charge in [-0.15, -0.1) is 11.6 Å². The zero-order chi connectivity index (χ0) is 14.7. The highest BCUT2D eigenvalue weighted by Gasteiger charge is 2.17. The van der Waals surface area contributed by atoms with Crippen molar-refractivity contribution in [1.29, 1.82) is 0 Å². The molecule has 0 radical (unpaired) electrons. The van der Waals surface area contributed by atoms with Crippen LogP contribution in [-0.2, 0) is 6.42 Å². The van der Waals surface area contributed by atoms with Crippen LogP contribution in [0.2, 0.25) is 0 Å². The topological polar surface area (TPSA) is 36.3 Å². The lowest BCUT2D eigenvalue weighted by atomic mass is 10.2. The van der Waals surface area contributed by atoms with E-state index in [-0.39, 0.29) is 0 Å². The zero-order valence-electron chi connectivity index (χ0n) is 12.4. The van der Waals surface area contributed by atoms with Crippen LogP contribution < -0.4 is 9.47 Å². The Hall–Kier alpha value is -1.42. The molecule has 0 saturated heterocycles. The highest BCUT2D eigenvalue weighted by atomic mass is 35.5. The van der Waals surface area contributed by atoms with Crippen molar-refractivity contribution in [3.63, 3.8) is 0 Å².